The second-order valence-electron chi connectivity index (χ2n) is 3.61. The largest absolute Gasteiger partial charge is 0.307 e. The normalized spacial score (nSPS) is 24.9. The van der Waals surface area contributed by atoms with E-state index < -0.39 is 0 Å². The van der Waals surface area contributed by atoms with Crippen LogP contribution in [-0.2, 0) is 0 Å². The summed E-state index contributed by atoms with van der Waals surface area (Å²) in [6.07, 6.45) is 2.00. The van der Waals surface area contributed by atoms with Crippen LogP contribution in [0.3, 0.4) is 0 Å². The zero-order valence-corrected chi connectivity index (χ0v) is 8.90. The maximum Gasteiger partial charge on any atom is 0.0476 e. The van der Waals surface area contributed by atoms with E-state index in [0.29, 0.717) is 6.04 Å². The lowest BCUT2D eigenvalue weighted by Crippen LogP contribution is -2.43. The van der Waals surface area contributed by atoms with Crippen LogP contribution < -0.4 is 5.32 Å². The fourth-order valence-electron chi connectivity index (χ4n) is 1.75. The van der Waals surface area contributed by atoms with Gasteiger partial charge in [-0.2, -0.15) is 0 Å². The van der Waals surface area contributed by atoms with Crippen LogP contribution in [0.25, 0.3) is 0 Å². The van der Waals surface area contributed by atoms with Crippen LogP contribution in [0.2, 0.25) is 0 Å². The van der Waals surface area contributed by atoms with Crippen molar-refractivity contribution in [2.24, 2.45) is 0 Å². The molecule has 0 saturated carbocycles. The molecule has 1 unspecified atom stereocenters. The summed E-state index contributed by atoms with van der Waals surface area (Å²) in [6.45, 7) is 5.46. The monoisotopic (exact) mass is 197 g/mol. The SMILES string of the molecule is Cc1sncc1C1CN(C)CCN1. The number of hydrogen-bond acceptors (Lipinski definition) is 4. The van der Waals surface area contributed by atoms with Crippen molar-refractivity contribution in [2.75, 3.05) is 26.7 Å². The summed E-state index contributed by atoms with van der Waals surface area (Å²) in [5, 5.41) is 3.52. The number of aryl methyl sites for hydroxylation is 1. The Kier molecular flexibility index (Phi) is 2.62. The van der Waals surface area contributed by atoms with Gasteiger partial charge in [-0.05, 0) is 25.5 Å². The third kappa shape index (κ3) is 1.90. The summed E-state index contributed by atoms with van der Waals surface area (Å²) in [7, 11) is 2.17. The van der Waals surface area contributed by atoms with Crippen LogP contribution in [0.4, 0.5) is 0 Å². The summed E-state index contributed by atoms with van der Waals surface area (Å²) in [4.78, 5) is 3.70. The second kappa shape index (κ2) is 3.74. The molecule has 1 aliphatic heterocycles. The molecule has 1 aromatic heterocycles. The Morgan fingerprint density at radius 2 is 2.54 bits per heavy atom. The molecular weight excluding hydrogens is 182 g/mol. The maximum absolute atomic E-state index is 4.21. The molecule has 4 heteroatoms. The van der Waals surface area contributed by atoms with Gasteiger partial charge >= 0.3 is 0 Å². The number of nitrogens with one attached hydrogen (secondary N) is 1. The molecule has 0 bridgehead atoms. The average Bonchev–Trinajstić information content (AvgIpc) is 2.51. The van der Waals surface area contributed by atoms with Crippen molar-refractivity contribution < 1.29 is 0 Å². The molecule has 2 rings (SSSR count). The first-order valence-corrected chi connectivity index (χ1v) is 5.38. The Balaban J connectivity index is 2.12. The van der Waals surface area contributed by atoms with Crippen molar-refractivity contribution in [3.05, 3.63) is 16.6 Å². The smallest absolute Gasteiger partial charge is 0.0476 e. The van der Waals surface area contributed by atoms with E-state index >= 15 is 0 Å². The maximum atomic E-state index is 4.21. The summed E-state index contributed by atoms with van der Waals surface area (Å²) >= 11 is 1.59. The predicted molar refractivity (Wildman–Crippen MR) is 55.1 cm³/mol. The molecular formula is C9H15N3S. The molecule has 0 amide bonds. The van der Waals surface area contributed by atoms with Gasteiger partial charge in [-0.3, -0.25) is 0 Å². The number of hydrogen-bond donors (Lipinski definition) is 1. The van der Waals surface area contributed by atoms with Crippen molar-refractivity contribution in [2.45, 2.75) is 13.0 Å². The predicted octanol–water partition coefficient (Wildman–Crippen LogP) is 1.03. The zero-order valence-electron chi connectivity index (χ0n) is 8.08. The zero-order chi connectivity index (χ0) is 9.26. The van der Waals surface area contributed by atoms with Crippen LogP contribution in [0.1, 0.15) is 16.5 Å². The average molecular weight is 197 g/mol. The van der Waals surface area contributed by atoms with E-state index in [9.17, 15) is 0 Å². The van der Waals surface area contributed by atoms with Gasteiger partial charge in [0.05, 0.1) is 0 Å². The number of nitrogens with zero attached hydrogens (tertiary/aromatic N) is 2. The lowest BCUT2D eigenvalue weighted by atomic mass is 10.1. The molecule has 1 fully saturated rings. The first-order chi connectivity index (χ1) is 6.27. The highest BCUT2D eigenvalue weighted by Crippen LogP contribution is 2.22. The van der Waals surface area contributed by atoms with Gasteiger partial charge in [-0.15, -0.1) is 0 Å². The van der Waals surface area contributed by atoms with E-state index in [2.05, 4.69) is 28.6 Å². The molecule has 72 valence electrons. The standard InChI is InChI=1S/C9H15N3S/c1-7-8(5-11-13-7)9-6-12(2)4-3-10-9/h5,9-10H,3-4,6H2,1-2H3. The first-order valence-electron chi connectivity index (χ1n) is 4.60. The van der Waals surface area contributed by atoms with Gasteiger partial charge < -0.3 is 10.2 Å². The Morgan fingerprint density at radius 1 is 1.69 bits per heavy atom. The van der Waals surface area contributed by atoms with Crippen LogP contribution in [0.5, 0.6) is 0 Å². The molecule has 1 N–H and O–H groups in total. The van der Waals surface area contributed by atoms with Crippen molar-refractivity contribution in [1.29, 1.82) is 0 Å². The quantitative estimate of drug-likeness (QED) is 0.729. The Morgan fingerprint density at radius 3 is 3.15 bits per heavy atom. The molecule has 3 nitrogen and oxygen atoms in total. The van der Waals surface area contributed by atoms with Crippen molar-refractivity contribution >= 4 is 11.5 Å². The van der Waals surface area contributed by atoms with Gasteiger partial charge in [0.15, 0.2) is 0 Å². The van der Waals surface area contributed by atoms with E-state index in [4.69, 9.17) is 0 Å². The van der Waals surface area contributed by atoms with Crippen molar-refractivity contribution in [1.82, 2.24) is 14.6 Å². The second-order valence-corrected chi connectivity index (χ2v) is 4.61. The molecule has 0 aliphatic carbocycles. The molecule has 1 aliphatic rings. The highest BCUT2D eigenvalue weighted by Gasteiger charge is 2.20. The van der Waals surface area contributed by atoms with Crippen LogP contribution >= 0.6 is 11.5 Å². The Labute approximate surface area is 82.9 Å². The fourth-order valence-corrected chi connectivity index (χ4v) is 2.37. The Bertz CT molecular complexity index is 284. The molecule has 0 aromatic carbocycles. The third-order valence-electron chi connectivity index (χ3n) is 2.54. The van der Waals surface area contributed by atoms with Gasteiger partial charge in [0.25, 0.3) is 0 Å². The molecule has 1 saturated heterocycles. The summed E-state index contributed by atoms with van der Waals surface area (Å²) in [5.74, 6) is 0. The topological polar surface area (TPSA) is 28.2 Å². The number of aromatic nitrogens is 1. The van der Waals surface area contributed by atoms with E-state index in [1.165, 1.54) is 10.4 Å². The van der Waals surface area contributed by atoms with E-state index in [0.717, 1.165) is 19.6 Å². The van der Waals surface area contributed by atoms with Gasteiger partial charge in [0.2, 0.25) is 0 Å². The fraction of sp³-hybridized carbons (Fsp3) is 0.667. The summed E-state index contributed by atoms with van der Waals surface area (Å²) < 4.78 is 4.21. The number of piperazine rings is 1. The highest BCUT2D eigenvalue weighted by molar-refractivity contribution is 7.05. The molecule has 0 radical (unpaired) electrons. The van der Waals surface area contributed by atoms with Crippen molar-refractivity contribution in [3.63, 3.8) is 0 Å². The summed E-state index contributed by atoms with van der Waals surface area (Å²) in [6, 6.07) is 0.484. The van der Waals surface area contributed by atoms with E-state index in [1.807, 2.05) is 6.20 Å². The first kappa shape index (κ1) is 9.12. The Hall–Kier alpha value is -0.450. The van der Waals surface area contributed by atoms with Crippen LogP contribution in [0, 0.1) is 6.92 Å². The van der Waals surface area contributed by atoms with Crippen molar-refractivity contribution in [3.8, 4) is 0 Å². The van der Waals surface area contributed by atoms with E-state index in [-0.39, 0.29) is 0 Å². The highest BCUT2D eigenvalue weighted by atomic mass is 32.1. The lowest BCUT2D eigenvalue weighted by Gasteiger charge is -2.30. The number of rotatable bonds is 1. The van der Waals surface area contributed by atoms with Gasteiger partial charge in [-0.1, -0.05) is 0 Å². The number of likely N-dealkylation sites (N-methyl/N-ethyl adjacent to an activating group) is 1. The molecule has 2 heterocycles. The minimum atomic E-state index is 0.484. The molecule has 0 spiro atoms. The van der Waals surface area contributed by atoms with Crippen LogP contribution in [0.15, 0.2) is 6.20 Å². The minimum absolute atomic E-state index is 0.484. The van der Waals surface area contributed by atoms with E-state index in [1.54, 1.807) is 11.5 Å². The molecule has 13 heavy (non-hydrogen) atoms. The van der Waals surface area contributed by atoms with Gasteiger partial charge in [0, 0.05) is 42.3 Å². The van der Waals surface area contributed by atoms with Crippen LogP contribution in [-0.4, -0.2) is 36.0 Å². The lowest BCUT2D eigenvalue weighted by molar-refractivity contribution is 0.240. The van der Waals surface area contributed by atoms with Gasteiger partial charge in [0.1, 0.15) is 0 Å². The molecule has 1 aromatic rings. The summed E-state index contributed by atoms with van der Waals surface area (Å²) in [5.41, 5.74) is 1.37. The van der Waals surface area contributed by atoms with Gasteiger partial charge in [-0.25, -0.2) is 4.37 Å². The minimum Gasteiger partial charge on any atom is -0.307 e. The third-order valence-corrected chi connectivity index (χ3v) is 3.26. The molecule has 1 atom stereocenters.